The molecule has 2 aliphatic rings. The van der Waals surface area contributed by atoms with Crippen LogP contribution in [0.15, 0.2) is 0 Å². The number of nitrogens with one attached hydrogen (secondary N) is 1. The summed E-state index contributed by atoms with van der Waals surface area (Å²) in [7, 11) is -2.96. The first-order valence-corrected chi connectivity index (χ1v) is 8.95. The van der Waals surface area contributed by atoms with Crippen LogP contribution in [0.5, 0.6) is 0 Å². The van der Waals surface area contributed by atoms with Crippen LogP contribution in [0.4, 0.5) is 4.79 Å². The summed E-state index contributed by atoms with van der Waals surface area (Å²) in [5, 5.41) is 11.7. The molecule has 0 saturated carbocycles. The SMILES string of the molecule is O=C(O)C1CSCN1C(=O)NC1CCS(=O)(=O)CC1. The van der Waals surface area contributed by atoms with E-state index in [1.807, 2.05) is 0 Å². The maximum atomic E-state index is 12.0. The van der Waals surface area contributed by atoms with Crippen LogP contribution in [0.25, 0.3) is 0 Å². The summed E-state index contributed by atoms with van der Waals surface area (Å²) in [6.45, 7) is 0. The molecule has 1 unspecified atom stereocenters. The molecule has 0 aromatic carbocycles. The van der Waals surface area contributed by atoms with Crippen LogP contribution in [0, 0.1) is 0 Å². The van der Waals surface area contributed by atoms with Crippen molar-refractivity contribution in [3.63, 3.8) is 0 Å². The van der Waals surface area contributed by atoms with Crippen molar-refractivity contribution in [3.8, 4) is 0 Å². The van der Waals surface area contributed by atoms with Crippen molar-refractivity contribution in [3.05, 3.63) is 0 Å². The highest BCUT2D eigenvalue weighted by Crippen LogP contribution is 2.21. The number of aliphatic carboxylic acids is 1. The van der Waals surface area contributed by atoms with Gasteiger partial charge in [-0.1, -0.05) is 0 Å². The number of urea groups is 1. The molecule has 2 heterocycles. The highest BCUT2D eigenvalue weighted by atomic mass is 32.2. The minimum atomic E-state index is -2.96. The Morgan fingerprint density at radius 1 is 1.26 bits per heavy atom. The first-order valence-electron chi connectivity index (χ1n) is 5.97. The van der Waals surface area contributed by atoms with E-state index < -0.39 is 27.9 Å². The molecule has 0 aliphatic carbocycles. The molecule has 0 radical (unpaired) electrons. The Labute approximate surface area is 115 Å². The molecule has 0 aromatic rings. The largest absolute Gasteiger partial charge is 0.480 e. The quantitative estimate of drug-likeness (QED) is 0.728. The van der Waals surface area contributed by atoms with E-state index in [1.54, 1.807) is 0 Å². The standard InChI is InChI=1S/C10H16N2O5S2/c13-9(14)8-5-18-6-12(8)10(15)11-7-1-3-19(16,17)4-2-7/h7-8H,1-6H2,(H,11,15)(H,13,14). The Morgan fingerprint density at radius 3 is 2.47 bits per heavy atom. The number of carboxylic acid groups (broad SMARTS) is 1. The van der Waals surface area contributed by atoms with Gasteiger partial charge in [0.2, 0.25) is 0 Å². The fraction of sp³-hybridized carbons (Fsp3) is 0.800. The lowest BCUT2D eigenvalue weighted by Gasteiger charge is -2.27. The lowest BCUT2D eigenvalue weighted by Crippen LogP contribution is -2.51. The summed E-state index contributed by atoms with van der Waals surface area (Å²) in [6, 6.07) is -1.39. The Kier molecular flexibility index (Phi) is 4.24. The van der Waals surface area contributed by atoms with E-state index in [0.717, 1.165) is 0 Å². The summed E-state index contributed by atoms with van der Waals surface area (Å²) in [4.78, 5) is 24.2. The van der Waals surface area contributed by atoms with Gasteiger partial charge in [0.25, 0.3) is 0 Å². The smallest absolute Gasteiger partial charge is 0.327 e. The normalized spacial score (nSPS) is 27.2. The van der Waals surface area contributed by atoms with Crippen LogP contribution in [0.1, 0.15) is 12.8 Å². The van der Waals surface area contributed by atoms with Gasteiger partial charge >= 0.3 is 12.0 Å². The van der Waals surface area contributed by atoms with Crippen LogP contribution >= 0.6 is 11.8 Å². The third-order valence-electron chi connectivity index (χ3n) is 3.31. The highest BCUT2D eigenvalue weighted by Gasteiger charge is 2.36. The third kappa shape index (κ3) is 3.53. The summed E-state index contributed by atoms with van der Waals surface area (Å²) in [5.74, 6) is -0.105. The monoisotopic (exact) mass is 308 g/mol. The second-order valence-corrected chi connectivity index (χ2v) is 8.00. The number of nitrogens with zero attached hydrogens (tertiary/aromatic N) is 1. The van der Waals surface area contributed by atoms with Crippen LogP contribution in [0.2, 0.25) is 0 Å². The second-order valence-electron chi connectivity index (χ2n) is 4.70. The molecule has 2 saturated heterocycles. The molecule has 108 valence electrons. The number of sulfone groups is 1. The number of rotatable bonds is 2. The van der Waals surface area contributed by atoms with E-state index >= 15 is 0 Å². The van der Waals surface area contributed by atoms with E-state index in [2.05, 4.69) is 5.32 Å². The van der Waals surface area contributed by atoms with E-state index in [0.29, 0.717) is 24.5 Å². The first kappa shape index (κ1) is 14.4. The van der Waals surface area contributed by atoms with Gasteiger partial charge in [0.05, 0.1) is 17.4 Å². The third-order valence-corrected chi connectivity index (χ3v) is 6.04. The molecule has 0 aromatic heterocycles. The van der Waals surface area contributed by atoms with Crippen molar-refractivity contribution in [1.82, 2.24) is 10.2 Å². The van der Waals surface area contributed by atoms with Gasteiger partial charge in [-0.25, -0.2) is 18.0 Å². The average Bonchev–Trinajstić information content (AvgIpc) is 2.81. The van der Waals surface area contributed by atoms with Crippen molar-refractivity contribution >= 4 is 33.6 Å². The topological polar surface area (TPSA) is 104 Å². The predicted molar refractivity (Wildman–Crippen MR) is 70.8 cm³/mol. The van der Waals surface area contributed by atoms with E-state index in [9.17, 15) is 18.0 Å². The number of carbonyl (C=O) groups is 2. The van der Waals surface area contributed by atoms with Gasteiger partial charge in [0.1, 0.15) is 15.9 Å². The molecule has 7 nitrogen and oxygen atoms in total. The fourth-order valence-corrected chi connectivity index (χ4v) is 4.78. The average molecular weight is 308 g/mol. The van der Waals surface area contributed by atoms with Gasteiger partial charge in [-0.15, -0.1) is 11.8 Å². The highest BCUT2D eigenvalue weighted by molar-refractivity contribution is 7.99. The summed E-state index contributed by atoms with van der Waals surface area (Å²) >= 11 is 1.40. The zero-order valence-corrected chi connectivity index (χ0v) is 11.9. The van der Waals surface area contributed by atoms with Crippen molar-refractivity contribution in [2.75, 3.05) is 23.1 Å². The van der Waals surface area contributed by atoms with E-state index in [4.69, 9.17) is 5.11 Å². The molecule has 2 rings (SSSR count). The molecule has 0 spiro atoms. The zero-order valence-electron chi connectivity index (χ0n) is 10.2. The number of carbonyl (C=O) groups excluding carboxylic acids is 1. The van der Waals surface area contributed by atoms with E-state index in [1.165, 1.54) is 16.7 Å². The molecule has 2 aliphatic heterocycles. The number of amides is 2. The second kappa shape index (κ2) is 5.58. The summed E-state index contributed by atoms with van der Waals surface area (Å²) in [5.41, 5.74) is 0. The molecule has 1 atom stereocenters. The molecule has 9 heteroatoms. The lowest BCUT2D eigenvalue weighted by molar-refractivity contribution is -0.140. The fourth-order valence-electron chi connectivity index (χ4n) is 2.14. The Bertz CT molecular complexity index is 464. The molecule has 2 fully saturated rings. The van der Waals surface area contributed by atoms with Crippen LogP contribution in [0.3, 0.4) is 0 Å². The molecule has 19 heavy (non-hydrogen) atoms. The number of hydrogen-bond donors (Lipinski definition) is 2. The molecule has 0 bridgehead atoms. The van der Waals surface area contributed by atoms with Crippen LogP contribution in [-0.4, -0.2) is 65.6 Å². The van der Waals surface area contributed by atoms with Gasteiger partial charge in [0, 0.05) is 11.8 Å². The molecular formula is C10H16N2O5S2. The van der Waals surface area contributed by atoms with Gasteiger partial charge in [-0.3, -0.25) is 0 Å². The van der Waals surface area contributed by atoms with Crippen LogP contribution < -0.4 is 5.32 Å². The Morgan fingerprint density at radius 2 is 1.89 bits per heavy atom. The van der Waals surface area contributed by atoms with Crippen molar-refractivity contribution in [1.29, 1.82) is 0 Å². The number of thioether (sulfide) groups is 1. The Hall–Kier alpha value is -0.960. The summed E-state index contributed by atoms with van der Waals surface area (Å²) < 4.78 is 22.6. The number of carboxylic acids is 1. The van der Waals surface area contributed by atoms with Gasteiger partial charge in [0.15, 0.2) is 0 Å². The maximum Gasteiger partial charge on any atom is 0.327 e. The Balaban J connectivity index is 1.89. The van der Waals surface area contributed by atoms with Gasteiger partial charge in [-0.2, -0.15) is 0 Å². The predicted octanol–water partition coefficient (Wildman–Crippen LogP) is -0.267. The summed E-state index contributed by atoms with van der Waals surface area (Å²) in [6.07, 6.45) is 0.791. The van der Waals surface area contributed by atoms with Crippen molar-refractivity contribution < 1.29 is 23.1 Å². The van der Waals surface area contributed by atoms with Crippen LogP contribution in [-0.2, 0) is 14.6 Å². The molecule has 2 amide bonds. The first-order chi connectivity index (χ1) is 8.89. The zero-order chi connectivity index (χ0) is 14.0. The lowest BCUT2D eigenvalue weighted by atomic mass is 10.1. The number of hydrogen-bond acceptors (Lipinski definition) is 5. The minimum absolute atomic E-state index is 0.0784. The van der Waals surface area contributed by atoms with Crippen molar-refractivity contribution in [2.45, 2.75) is 24.9 Å². The van der Waals surface area contributed by atoms with Gasteiger partial charge < -0.3 is 15.3 Å². The van der Waals surface area contributed by atoms with E-state index in [-0.39, 0.29) is 17.5 Å². The molecular weight excluding hydrogens is 292 g/mol. The maximum absolute atomic E-state index is 12.0. The molecule has 2 N–H and O–H groups in total. The van der Waals surface area contributed by atoms with Gasteiger partial charge in [-0.05, 0) is 12.8 Å². The van der Waals surface area contributed by atoms with Crippen molar-refractivity contribution in [2.24, 2.45) is 0 Å². The minimum Gasteiger partial charge on any atom is -0.480 e.